The highest BCUT2D eigenvalue weighted by Gasteiger charge is 2.50. The quantitative estimate of drug-likeness (QED) is 0.366. The number of benzene rings is 2. The zero-order chi connectivity index (χ0) is 25.7. The van der Waals surface area contributed by atoms with Gasteiger partial charge in [-0.15, -0.1) is 0 Å². The third-order valence-corrected chi connectivity index (χ3v) is 7.12. The van der Waals surface area contributed by atoms with Gasteiger partial charge in [-0.3, -0.25) is 0 Å². The molecule has 2 aromatic carbocycles. The van der Waals surface area contributed by atoms with Crippen LogP contribution in [-0.4, -0.2) is 57.7 Å². The minimum atomic E-state index is -0.883. The summed E-state index contributed by atoms with van der Waals surface area (Å²) in [6.07, 6.45) is -2.16. The predicted octanol–water partition coefficient (Wildman–Crippen LogP) is 4.99. The minimum absolute atomic E-state index is 0.108. The first-order valence-corrected chi connectivity index (χ1v) is 12.4. The van der Waals surface area contributed by atoms with Gasteiger partial charge in [0.2, 0.25) is 0 Å². The Morgan fingerprint density at radius 2 is 1.54 bits per heavy atom. The summed E-state index contributed by atoms with van der Waals surface area (Å²) in [5.41, 5.74) is 4.57. The van der Waals surface area contributed by atoms with E-state index in [9.17, 15) is 9.63 Å². The first-order valence-electron chi connectivity index (χ1n) is 12.0. The van der Waals surface area contributed by atoms with Gasteiger partial charge in [-0.05, 0) is 41.1 Å². The Hall–Kier alpha value is -3.08. The summed E-state index contributed by atoms with van der Waals surface area (Å²) in [6, 6.07) is 17.8. The molecule has 4 aromatic rings. The van der Waals surface area contributed by atoms with Crippen LogP contribution in [0.25, 0.3) is 33.5 Å². The van der Waals surface area contributed by atoms with Gasteiger partial charge >= 0.3 is 0 Å². The van der Waals surface area contributed by atoms with Gasteiger partial charge in [0.25, 0.3) is 6.01 Å². The number of fused-ring (bicyclic) bond motifs is 2. The van der Waals surface area contributed by atoms with Crippen LogP contribution in [0.4, 0.5) is 4.53 Å². The summed E-state index contributed by atoms with van der Waals surface area (Å²) in [6.45, 7) is 3.87. The number of aliphatic hydroxyl groups is 1. The molecule has 4 atom stereocenters. The SMILES string of the molecule is CC(C)(O)c1ccc(-c2ccc(-c3nc4nc(OC5CO[C@@H]6C(OF)CO[C@H]56)[nH]c4cc3Cl)cc2)cc1. The van der Waals surface area contributed by atoms with Crippen molar-refractivity contribution in [1.29, 1.82) is 0 Å². The summed E-state index contributed by atoms with van der Waals surface area (Å²) >= 11 is 6.58. The van der Waals surface area contributed by atoms with E-state index in [2.05, 4.69) is 19.9 Å². The fraction of sp³-hybridized carbons (Fsp3) is 0.333. The molecule has 0 radical (unpaired) electrons. The number of nitrogens with one attached hydrogen (secondary N) is 1. The van der Waals surface area contributed by atoms with Crippen LogP contribution >= 0.6 is 11.6 Å². The van der Waals surface area contributed by atoms with Gasteiger partial charge in [-0.25, -0.2) is 4.98 Å². The molecule has 8 nitrogen and oxygen atoms in total. The van der Waals surface area contributed by atoms with Gasteiger partial charge in [-0.1, -0.05) is 60.1 Å². The molecule has 0 saturated carbocycles. The number of aromatic amines is 1. The Morgan fingerprint density at radius 3 is 2.19 bits per heavy atom. The van der Waals surface area contributed by atoms with Crippen molar-refractivity contribution in [3.63, 3.8) is 0 Å². The van der Waals surface area contributed by atoms with E-state index in [0.717, 1.165) is 22.3 Å². The molecule has 0 amide bonds. The second-order valence-corrected chi connectivity index (χ2v) is 10.2. The lowest BCUT2D eigenvalue weighted by Gasteiger charge is -2.18. The minimum Gasteiger partial charge on any atom is -0.456 e. The van der Waals surface area contributed by atoms with Gasteiger partial charge in [0, 0.05) is 5.56 Å². The molecule has 2 unspecified atom stereocenters. The van der Waals surface area contributed by atoms with Crippen LogP contribution in [0.5, 0.6) is 6.01 Å². The van der Waals surface area contributed by atoms with Crippen molar-refractivity contribution >= 4 is 22.8 Å². The van der Waals surface area contributed by atoms with Gasteiger partial charge in [0.05, 0.1) is 35.0 Å². The molecule has 0 bridgehead atoms. The molecule has 4 heterocycles. The Labute approximate surface area is 217 Å². The largest absolute Gasteiger partial charge is 0.456 e. The van der Waals surface area contributed by atoms with Crippen molar-refractivity contribution in [2.75, 3.05) is 13.2 Å². The monoisotopic (exact) mass is 525 g/mol. The number of aromatic nitrogens is 3. The van der Waals surface area contributed by atoms with Crippen LogP contribution in [0.3, 0.4) is 0 Å². The highest BCUT2D eigenvalue weighted by molar-refractivity contribution is 6.33. The third-order valence-electron chi connectivity index (χ3n) is 6.83. The summed E-state index contributed by atoms with van der Waals surface area (Å²) in [5.74, 6) is 0. The predicted molar refractivity (Wildman–Crippen MR) is 135 cm³/mol. The van der Waals surface area contributed by atoms with Crippen LogP contribution in [-0.2, 0) is 20.0 Å². The van der Waals surface area contributed by atoms with Gasteiger partial charge < -0.3 is 24.3 Å². The van der Waals surface area contributed by atoms with E-state index in [4.69, 9.17) is 25.8 Å². The lowest BCUT2D eigenvalue weighted by molar-refractivity contribution is -0.201. The number of hydrogen-bond acceptors (Lipinski definition) is 7. The van der Waals surface area contributed by atoms with E-state index in [1.807, 2.05) is 48.5 Å². The van der Waals surface area contributed by atoms with Crippen molar-refractivity contribution in [2.24, 2.45) is 0 Å². The van der Waals surface area contributed by atoms with Gasteiger partial charge in [0.15, 0.2) is 17.9 Å². The standard InChI is InChI=1S/C27H25ClFN3O5/c1-27(2,33)17-9-7-15(8-10-17)14-3-5-16(6-4-14)22-18(28)11-19-25(31-22)32-26(30-19)36-20-12-34-24-21(37-29)13-35-23(20)24/h3-11,20-21,23-24,33H,12-13H2,1-2H3,(H,30,31,32)/t20?,21?,23-,24-/m1/s1. The van der Waals surface area contributed by atoms with E-state index in [1.54, 1.807) is 19.9 Å². The van der Waals surface area contributed by atoms with E-state index in [-0.39, 0.29) is 19.2 Å². The second-order valence-electron chi connectivity index (χ2n) is 9.83. The van der Waals surface area contributed by atoms with Crippen LogP contribution in [0.1, 0.15) is 19.4 Å². The highest BCUT2D eigenvalue weighted by atomic mass is 35.5. The summed E-state index contributed by atoms with van der Waals surface area (Å²) in [7, 11) is 0. The molecular weight excluding hydrogens is 501 g/mol. The number of H-pyrrole nitrogens is 1. The van der Waals surface area contributed by atoms with Crippen LogP contribution in [0.15, 0.2) is 54.6 Å². The second kappa shape index (κ2) is 9.34. The van der Waals surface area contributed by atoms with E-state index in [1.165, 1.54) is 0 Å². The average Bonchev–Trinajstić information content (AvgIpc) is 3.59. The molecule has 192 valence electrons. The first-order chi connectivity index (χ1) is 17.8. The molecule has 2 fully saturated rings. The van der Waals surface area contributed by atoms with E-state index < -0.39 is 30.0 Å². The number of imidazole rings is 1. The molecule has 2 saturated heterocycles. The van der Waals surface area contributed by atoms with Crippen molar-refractivity contribution in [3.05, 3.63) is 65.2 Å². The van der Waals surface area contributed by atoms with Crippen molar-refractivity contribution in [3.8, 4) is 28.4 Å². The Kier molecular flexibility index (Phi) is 6.13. The molecule has 0 aliphatic carbocycles. The zero-order valence-corrected chi connectivity index (χ0v) is 20.9. The number of rotatable bonds is 6. The Morgan fingerprint density at radius 1 is 0.946 bits per heavy atom. The Bertz CT molecular complexity index is 1420. The lowest BCUT2D eigenvalue weighted by Crippen LogP contribution is -2.35. The number of hydrogen-bond donors (Lipinski definition) is 2. The molecule has 0 spiro atoms. The molecule has 6 rings (SSSR count). The average molecular weight is 526 g/mol. The summed E-state index contributed by atoms with van der Waals surface area (Å²) in [4.78, 5) is 16.1. The number of pyridine rings is 1. The lowest BCUT2D eigenvalue weighted by atomic mass is 9.95. The normalized spacial score (nSPS) is 23.5. The number of halogens is 2. The molecule has 37 heavy (non-hydrogen) atoms. The van der Waals surface area contributed by atoms with Crippen LogP contribution in [0, 0.1) is 0 Å². The molecular formula is C27H25ClFN3O5. The molecule has 10 heteroatoms. The van der Waals surface area contributed by atoms with Gasteiger partial charge in [0.1, 0.15) is 12.2 Å². The van der Waals surface area contributed by atoms with Crippen molar-refractivity contribution in [2.45, 2.75) is 43.9 Å². The summed E-state index contributed by atoms with van der Waals surface area (Å²) in [5, 5.41) is 10.6. The molecule has 2 aliphatic heterocycles. The van der Waals surface area contributed by atoms with Crippen LogP contribution in [0.2, 0.25) is 5.02 Å². The van der Waals surface area contributed by atoms with Gasteiger partial charge in [-0.2, -0.15) is 9.93 Å². The van der Waals surface area contributed by atoms with E-state index >= 15 is 0 Å². The van der Waals surface area contributed by atoms with Crippen molar-refractivity contribution < 1.29 is 28.8 Å². The topological polar surface area (TPSA) is 98.7 Å². The Balaban J connectivity index is 1.21. The smallest absolute Gasteiger partial charge is 0.296 e. The maximum Gasteiger partial charge on any atom is 0.296 e. The van der Waals surface area contributed by atoms with E-state index in [0.29, 0.717) is 21.9 Å². The maximum absolute atomic E-state index is 12.7. The highest BCUT2D eigenvalue weighted by Crippen LogP contribution is 2.34. The fourth-order valence-corrected chi connectivity index (χ4v) is 5.06. The van der Waals surface area contributed by atoms with Crippen LogP contribution < -0.4 is 4.74 Å². The number of nitrogens with zero attached hydrogens (tertiary/aromatic N) is 2. The maximum atomic E-state index is 12.7. The summed E-state index contributed by atoms with van der Waals surface area (Å²) < 4.78 is 29.8. The van der Waals surface area contributed by atoms with Crippen molar-refractivity contribution in [1.82, 2.24) is 15.0 Å². The molecule has 2 aliphatic rings. The molecule has 2 N–H and O–H groups in total. The fourth-order valence-electron chi connectivity index (χ4n) is 4.79. The number of ether oxygens (including phenoxy) is 3. The first kappa shape index (κ1) is 24.3. The molecule has 2 aromatic heterocycles. The zero-order valence-electron chi connectivity index (χ0n) is 20.2. The third kappa shape index (κ3) is 4.58.